The Bertz CT molecular complexity index is 504. The smallest absolute Gasteiger partial charge is 0.221 e. The van der Waals surface area contributed by atoms with Crippen molar-refractivity contribution in [2.24, 2.45) is 0 Å². The largest absolute Gasteiger partial charge is 0.353 e. The maximum absolute atomic E-state index is 12.5. The first-order chi connectivity index (χ1) is 12.1. The third kappa shape index (κ3) is 6.16. The zero-order valence-corrected chi connectivity index (χ0v) is 19.3. The highest BCUT2D eigenvalue weighted by molar-refractivity contribution is 5.76. The third-order valence-corrected chi connectivity index (χ3v) is 6.65. The van der Waals surface area contributed by atoms with Crippen LogP contribution in [0.5, 0.6) is 0 Å². The molecule has 0 aromatic rings. The number of nitrogens with one attached hydrogen (secondary N) is 3. The predicted octanol–water partition coefficient (Wildman–Crippen LogP) is 3.04. The summed E-state index contributed by atoms with van der Waals surface area (Å²) in [6.07, 6.45) is 4.74. The molecule has 0 bridgehead atoms. The molecule has 0 aliphatic carbocycles. The molecule has 0 atom stereocenters. The summed E-state index contributed by atoms with van der Waals surface area (Å²) in [7, 11) is 2.20. The summed E-state index contributed by atoms with van der Waals surface area (Å²) in [6, 6.07) is 0.723. The highest BCUT2D eigenvalue weighted by Crippen LogP contribution is 2.36. The van der Waals surface area contributed by atoms with Crippen LogP contribution in [0.1, 0.15) is 87.5 Å². The highest BCUT2D eigenvalue weighted by atomic mass is 16.1. The lowest BCUT2D eigenvalue weighted by atomic mass is 9.77. The molecule has 0 aromatic carbocycles. The lowest BCUT2D eigenvalue weighted by Gasteiger charge is -2.53. The Morgan fingerprint density at radius 1 is 0.889 bits per heavy atom. The van der Waals surface area contributed by atoms with Gasteiger partial charge >= 0.3 is 0 Å². The van der Waals surface area contributed by atoms with Crippen LogP contribution in [0.3, 0.4) is 0 Å². The zero-order valence-electron chi connectivity index (χ0n) is 19.3. The van der Waals surface area contributed by atoms with Crippen molar-refractivity contribution < 1.29 is 4.79 Å². The molecule has 0 unspecified atom stereocenters. The molecule has 5 heteroatoms. The van der Waals surface area contributed by atoms with E-state index in [1.54, 1.807) is 0 Å². The molecule has 2 fully saturated rings. The van der Waals surface area contributed by atoms with Crippen LogP contribution in [-0.4, -0.2) is 58.6 Å². The van der Waals surface area contributed by atoms with Crippen LogP contribution in [0, 0.1) is 0 Å². The van der Waals surface area contributed by atoms with Crippen LogP contribution in [0.2, 0.25) is 0 Å². The molecule has 0 spiro atoms. The second-order valence-electron chi connectivity index (χ2n) is 11.6. The molecule has 2 heterocycles. The number of likely N-dealkylation sites (tertiary alicyclic amines) is 1. The Hall–Kier alpha value is -0.650. The Morgan fingerprint density at radius 2 is 1.37 bits per heavy atom. The molecule has 2 aliphatic rings. The summed E-state index contributed by atoms with van der Waals surface area (Å²) in [5, 5.41) is 10.6. The van der Waals surface area contributed by atoms with Crippen molar-refractivity contribution in [3.8, 4) is 0 Å². The first-order valence-corrected chi connectivity index (χ1v) is 10.7. The van der Waals surface area contributed by atoms with Gasteiger partial charge in [-0.1, -0.05) is 0 Å². The van der Waals surface area contributed by atoms with Crippen molar-refractivity contribution in [1.82, 2.24) is 20.9 Å². The maximum atomic E-state index is 12.5. The van der Waals surface area contributed by atoms with Gasteiger partial charge in [0.1, 0.15) is 0 Å². The minimum absolute atomic E-state index is 0.101. The van der Waals surface area contributed by atoms with E-state index >= 15 is 0 Å². The van der Waals surface area contributed by atoms with Crippen LogP contribution in [-0.2, 0) is 4.79 Å². The van der Waals surface area contributed by atoms with Crippen LogP contribution in [0.15, 0.2) is 0 Å². The van der Waals surface area contributed by atoms with Gasteiger partial charge in [0.2, 0.25) is 5.91 Å². The fourth-order valence-corrected chi connectivity index (χ4v) is 5.63. The fourth-order valence-electron chi connectivity index (χ4n) is 5.63. The summed E-state index contributed by atoms with van der Waals surface area (Å²) in [6.45, 7) is 18.9. The molecular formula is C22H44N4O. The quantitative estimate of drug-likeness (QED) is 0.686. The minimum atomic E-state index is 0.101. The predicted molar refractivity (Wildman–Crippen MR) is 114 cm³/mol. The van der Waals surface area contributed by atoms with Gasteiger partial charge in [0.25, 0.3) is 0 Å². The topological polar surface area (TPSA) is 56.4 Å². The van der Waals surface area contributed by atoms with Crippen LogP contribution >= 0.6 is 0 Å². The average Bonchev–Trinajstić information content (AvgIpc) is 2.40. The Morgan fingerprint density at radius 3 is 1.85 bits per heavy atom. The zero-order chi connectivity index (χ0) is 20.7. The molecule has 2 aliphatic heterocycles. The van der Waals surface area contributed by atoms with Crippen molar-refractivity contribution in [2.75, 3.05) is 13.6 Å². The van der Waals surface area contributed by atoms with Crippen LogP contribution in [0.4, 0.5) is 0 Å². The maximum Gasteiger partial charge on any atom is 0.221 e. The second kappa shape index (κ2) is 7.64. The number of nitrogens with zero attached hydrogens (tertiary/aromatic N) is 1. The Balaban J connectivity index is 1.80. The molecule has 5 nitrogen and oxygen atoms in total. The van der Waals surface area contributed by atoms with Gasteiger partial charge in [0.05, 0.1) is 0 Å². The number of piperidine rings is 2. The van der Waals surface area contributed by atoms with E-state index in [-0.39, 0.29) is 34.1 Å². The summed E-state index contributed by atoms with van der Waals surface area (Å²) in [5.41, 5.74) is 0.467. The van der Waals surface area contributed by atoms with Crippen molar-refractivity contribution >= 4 is 5.91 Å². The van der Waals surface area contributed by atoms with Gasteiger partial charge < -0.3 is 16.0 Å². The van der Waals surface area contributed by atoms with Gasteiger partial charge in [-0.05, 0) is 88.1 Å². The SMILES string of the molecule is CN1C(C)(C)CC(NC(=O)CCNC2CC(C)(C)NC(C)(C)C2)CC1(C)C. The van der Waals surface area contributed by atoms with E-state index in [0.717, 1.165) is 32.2 Å². The van der Waals surface area contributed by atoms with Crippen LogP contribution < -0.4 is 16.0 Å². The lowest BCUT2D eigenvalue weighted by Crippen LogP contribution is -2.62. The molecule has 2 saturated heterocycles. The number of amides is 1. The lowest BCUT2D eigenvalue weighted by molar-refractivity contribution is -0.123. The average molecular weight is 381 g/mol. The molecular weight excluding hydrogens is 336 g/mol. The molecule has 0 aromatic heterocycles. The summed E-state index contributed by atoms with van der Waals surface area (Å²) in [5.74, 6) is 0.177. The summed E-state index contributed by atoms with van der Waals surface area (Å²) in [4.78, 5) is 15.0. The van der Waals surface area contributed by atoms with Gasteiger partial charge in [-0.3, -0.25) is 9.69 Å². The van der Waals surface area contributed by atoms with Crippen LogP contribution in [0.25, 0.3) is 0 Å². The van der Waals surface area contributed by atoms with Gasteiger partial charge in [0, 0.05) is 47.2 Å². The molecule has 158 valence electrons. The van der Waals surface area contributed by atoms with E-state index in [2.05, 4.69) is 83.3 Å². The Kier molecular flexibility index (Phi) is 6.41. The number of carbonyl (C=O) groups excluding carboxylic acids is 1. The van der Waals surface area contributed by atoms with Crippen molar-refractivity contribution in [2.45, 2.75) is 122 Å². The number of hydrogen-bond donors (Lipinski definition) is 3. The normalized spacial score (nSPS) is 28.0. The van der Waals surface area contributed by atoms with Crippen molar-refractivity contribution in [1.29, 1.82) is 0 Å². The Labute approximate surface area is 167 Å². The second-order valence-corrected chi connectivity index (χ2v) is 11.6. The highest BCUT2D eigenvalue weighted by Gasteiger charge is 2.43. The van der Waals surface area contributed by atoms with E-state index in [9.17, 15) is 4.79 Å². The number of carbonyl (C=O) groups is 1. The number of rotatable bonds is 5. The molecule has 1 amide bonds. The summed E-state index contributed by atoms with van der Waals surface area (Å²) < 4.78 is 0. The van der Waals surface area contributed by atoms with E-state index in [1.807, 2.05) is 0 Å². The standard InChI is InChI=1S/C22H44N4O/c1-19(2)12-16(13-20(3,4)25-19)23-11-10-18(27)24-17-14-21(5,6)26(9)22(7,8)15-17/h16-17,23,25H,10-15H2,1-9H3,(H,24,27). The monoisotopic (exact) mass is 380 g/mol. The van der Waals surface area contributed by atoms with E-state index < -0.39 is 0 Å². The molecule has 2 rings (SSSR count). The van der Waals surface area contributed by atoms with E-state index in [0.29, 0.717) is 12.5 Å². The van der Waals surface area contributed by atoms with Gasteiger partial charge in [0.15, 0.2) is 0 Å². The van der Waals surface area contributed by atoms with E-state index in [4.69, 9.17) is 0 Å². The van der Waals surface area contributed by atoms with Gasteiger partial charge in [-0.15, -0.1) is 0 Å². The van der Waals surface area contributed by atoms with Crippen molar-refractivity contribution in [3.05, 3.63) is 0 Å². The fraction of sp³-hybridized carbons (Fsp3) is 0.955. The first-order valence-electron chi connectivity index (χ1n) is 10.7. The molecule has 0 saturated carbocycles. The van der Waals surface area contributed by atoms with Gasteiger partial charge in [-0.2, -0.15) is 0 Å². The van der Waals surface area contributed by atoms with Gasteiger partial charge in [-0.25, -0.2) is 0 Å². The first kappa shape index (κ1) is 22.6. The number of hydrogen-bond acceptors (Lipinski definition) is 4. The molecule has 3 N–H and O–H groups in total. The molecule has 0 radical (unpaired) electrons. The summed E-state index contributed by atoms with van der Waals surface area (Å²) >= 11 is 0. The third-order valence-electron chi connectivity index (χ3n) is 6.65. The van der Waals surface area contributed by atoms with E-state index in [1.165, 1.54) is 0 Å². The molecule has 27 heavy (non-hydrogen) atoms. The van der Waals surface area contributed by atoms with Crippen molar-refractivity contribution in [3.63, 3.8) is 0 Å². The minimum Gasteiger partial charge on any atom is -0.353 e.